The molecule has 3 atom stereocenters. The molecule has 196 valence electrons. The molecule has 0 spiro atoms. The van der Waals surface area contributed by atoms with Gasteiger partial charge in [-0.2, -0.15) is 0 Å². The van der Waals surface area contributed by atoms with E-state index in [0.717, 1.165) is 27.8 Å². The number of amides is 1. The lowest BCUT2D eigenvalue weighted by atomic mass is 9.98. The minimum absolute atomic E-state index is 0.0710. The number of esters is 1. The van der Waals surface area contributed by atoms with Crippen LogP contribution < -0.4 is 5.32 Å². The number of carboxylic acids is 1. The lowest BCUT2D eigenvalue weighted by Crippen LogP contribution is -2.43. The van der Waals surface area contributed by atoms with Gasteiger partial charge in [0.15, 0.2) is 12.4 Å². The van der Waals surface area contributed by atoms with E-state index in [4.69, 9.17) is 24.1 Å². The standard InChI is InChI=1S/C28H31NO8/c1-17(2)13-14-34-27(32)23(11-12-25-35-16-24(37-25)26(30)31)29-28(33)36-15-22-20-9-5-3-7-18(20)19-8-4-6-10-21(19)22/h3-10,13,22-25H,11-12,14-16H2,1-2H3,(H,29,33)(H,30,31)/t23?,24-,25?/m0/s1. The largest absolute Gasteiger partial charge is 0.479 e. The van der Waals surface area contributed by atoms with Crippen molar-refractivity contribution in [2.24, 2.45) is 0 Å². The van der Waals surface area contributed by atoms with E-state index in [1.807, 2.05) is 50.2 Å². The van der Waals surface area contributed by atoms with E-state index in [2.05, 4.69) is 17.4 Å². The van der Waals surface area contributed by atoms with Crippen LogP contribution in [0, 0.1) is 0 Å². The zero-order valence-corrected chi connectivity index (χ0v) is 20.8. The molecule has 0 saturated carbocycles. The van der Waals surface area contributed by atoms with Gasteiger partial charge in [0, 0.05) is 12.3 Å². The highest BCUT2D eigenvalue weighted by Gasteiger charge is 2.34. The van der Waals surface area contributed by atoms with Gasteiger partial charge in [0.25, 0.3) is 0 Å². The SMILES string of the molecule is CC(C)=CCOC(=O)C(CCC1OC[C@@H](C(=O)O)O1)NC(=O)OCC1c2ccccc2-c2ccccc21. The fraction of sp³-hybridized carbons (Fsp3) is 0.393. The summed E-state index contributed by atoms with van der Waals surface area (Å²) in [5.74, 6) is -1.86. The third kappa shape index (κ3) is 6.55. The molecule has 0 radical (unpaired) electrons. The maximum Gasteiger partial charge on any atom is 0.407 e. The number of fused-ring (bicyclic) bond motifs is 3. The van der Waals surface area contributed by atoms with Gasteiger partial charge in [0.2, 0.25) is 0 Å². The number of aliphatic carboxylic acids is 1. The monoisotopic (exact) mass is 509 g/mol. The van der Waals surface area contributed by atoms with Crippen LogP contribution in [0.15, 0.2) is 60.2 Å². The summed E-state index contributed by atoms with van der Waals surface area (Å²) in [5.41, 5.74) is 5.38. The topological polar surface area (TPSA) is 120 Å². The first kappa shape index (κ1) is 26.4. The minimum Gasteiger partial charge on any atom is -0.479 e. The van der Waals surface area contributed by atoms with Gasteiger partial charge in [-0.25, -0.2) is 14.4 Å². The first-order chi connectivity index (χ1) is 17.8. The van der Waals surface area contributed by atoms with Crippen LogP contribution in [0.25, 0.3) is 11.1 Å². The molecule has 9 heteroatoms. The van der Waals surface area contributed by atoms with Crippen LogP contribution in [-0.4, -0.2) is 61.4 Å². The molecule has 4 rings (SSSR count). The van der Waals surface area contributed by atoms with Gasteiger partial charge in [-0.15, -0.1) is 0 Å². The van der Waals surface area contributed by atoms with Gasteiger partial charge in [-0.1, -0.05) is 54.1 Å². The summed E-state index contributed by atoms with van der Waals surface area (Å²) in [7, 11) is 0. The van der Waals surface area contributed by atoms with Crippen LogP contribution >= 0.6 is 0 Å². The quantitative estimate of drug-likeness (QED) is 0.364. The van der Waals surface area contributed by atoms with Crippen molar-refractivity contribution in [2.75, 3.05) is 19.8 Å². The van der Waals surface area contributed by atoms with Gasteiger partial charge in [-0.3, -0.25) is 0 Å². The highest BCUT2D eigenvalue weighted by Crippen LogP contribution is 2.44. The molecule has 2 aromatic carbocycles. The number of carboxylic acid groups (broad SMARTS) is 1. The second-order valence-electron chi connectivity index (χ2n) is 9.24. The maximum atomic E-state index is 12.8. The Morgan fingerprint density at radius 3 is 2.30 bits per heavy atom. The zero-order chi connectivity index (χ0) is 26.4. The van der Waals surface area contributed by atoms with Gasteiger partial charge in [-0.05, 0) is 48.6 Å². The van der Waals surface area contributed by atoms with Crippen LogP contribution in [-0.2, 0) is 28.5 Å². The Hall–Kier alpha value is -3.69. The molecule has 2 unspecified atom stereocenters. The van der Waals surface area contributed by atoms with E-state index in [0.29, 0.717) is 0 Å². The van der Waals surface area contributed by atoms with Crippen molar-refractivity contribution in [3.8, 4) is 11.1 Å². The van der Waals surface area contributed by atoms with Crippen LogP contribution in [0.5, 0.6) is 0 Å². The Bertz CT molecular complexity index is 1130. The Labute approximate surface area is 215 Å². The van der Waals surface area contributed by atoms with Crippen LogP contribution in [0.2, 0.25) is 0 Å². The fourth-order valence-electron chi connectivity index (χ4n) is 4.46. The van der Waals surface area contributed by atoms with Gasteiger partial charge < -0.3 is 29.4 Å². The lowest BCUT2D eigenvalue weighted by Gasteiger charge is -2.20. The zero-order valence-electron chi connectivity index (χ0n) is 20.8. The first-order valence-electron chi connectivity index (χ1n) is 12.2. The molecule has 0 aromatic heterocycles. The molecule has 1 aliphatic carbocycles. The van der Waals surface area contributed by atoms with E-state index in [-0.39, 0.29) is 38.6 Å². The molecule has 9 nitrogen and oxygen atoms in total. The number of hydrogen-bond donors (Lipinski definition) is 2. The van der Waals surface area contributed by atoms with E-state index in [9.17, 15) is 14.4 Å². The first-order valence-corrected chi connectivity index (χ1v) is 12.2. The van der Waals surface area contributed by atoms with Gasteiger partial charge in [0.05, 0.1) is 6.61 Å². The van der Waals surface area contributed by atoms with E-state index >= 15 is 0 Å². The Morgan fingerprint density at radius 2 is 1.70 bits per heavy atom. The highest BCUT2D eigenvalue weighted by atomic mass is 16.7. The summed E-state index contributed by atoms with van der Waals surface area (Å²) in [4.78, 5) is 36.6. The van der Waals surface area contributed by atoms with Crippen LogP contribution in [0.4, 0.5) is 4.79 Å². The molecule has 0 bridgehead atoms. The summed E-state index contributed by atoms with van der Waals surface area (Å²) >= 11 is 0. The fourth-order valence-corrected chi connectivity index (χ4v) is 4.46. The molecular formula is C28H31NO8. The number of hydrogen-bond acceptors (Lipinski definition) is 7. The molecule has 1 saturated heterocycles. The smallest absolute Gasteiger partial charge is 0.407 e. The Kier molecular flexibility index (Phi) is 8.58. The average molecular weight is 510 g/mol. The summed E-state index contributed by atoms with van der Waals surface area (Å²) in [5, 5.41) is 11.7. The van der Waals surface area contributed by atoms with Crippen LogP contribution in [0.1, 0.15) is 43.7 Å². The number of ether oxygens (including phenoxy) is 4. The van der Waals surface area contributed by atoms with Crippen molar-refractivity contribution in [1.29, 1.82) is 0 Å². The predicted octanol–water partition coefficient (Wildman–Crippen LogP) is 4.01. The van der Waals surface area contributed by atoms with Crippen molar-refractivity contribution >= 4 is 18.0 Å². The third-order valence-electron chi connectivity index (χ3n) is 6.35. The Morgan fingerprint density at radius 1 is 1.05 bits per heavy atom. The van der Waals surface area contributed by atoms with Crippen molar-refractivity contribution in [2.45, 2.75) is 51.0 Å². The summed E-state index contributed by atoms with van der Waals surface area (Å²) in [6.07, 6.45) is -0.530. The minimum atomic E-state index is -1.11. The van der Waals surface area contributed by atoms with Crippen molar-refractivity contribution < 1.29 is 38.4 Å². The number of carbonyl (C=O) groups is 3. The Balaban J connectivity index is 1.37. The van der Waals surface area contributed by atoms with Crippen LogP contribution in [0.3, 0.4) is 0 Å². The molecular weight excluding hydrogens is 478 g/mol. The number of alkyl carbamates (subject to hydrolysis) is 1. The number of benzene rings is 2. The third-order valence-corrected chi connectivity index (χ3v) is 6.35. The number of nitrogens with one attached hydrogen (secondary N) is 1. The second-order valence-corrected chi connectivity index (χ2v) is 9.24. The molecule has 1 heterocycles. The van der Waals surface area contributed by atoms with Crippen molar-refractivity contribution in [3.63, 3.8) is 0 Å². The lowest BCUT2D eigenvalue weighted by molar-refractivity contribution is -0.152. The van der Waals surface area contributed by atoms with Gasteiger partial charge in [0.1, 0.15) is 19.3 Å². The molecule has 2 aromatic rings. The average Bonchev–Trinajstić information content (AvgIpc) is 3.48. The number of rotatable bonds is 10. The predicted molar refractivity (Wildman–Crippen MR) is 134 cm³/mol. The molecule has 2 N–H and O–H groups in total. The molecule has 1 aliphatic heterocycles. The van der Waals surface area contributed by atoms with Gasteiger partial charge >= 0.3 is 18.0 Å². The van der Waals surface area contributed by atoms with E-state index in [1.165, 1.54) is 0 Å². The summed E-state index contributed by atoms with van der Waals surface area (Å²) in [6.45, 7) is 3.87. The summed E-state index contributed by atoms with van der Waals surface area (Å²) < 4.78 is 21.5. The molecule has 1 fully saturated rings. The normalized spacial score (nSPS) is 18.9. The molecule has 1 amide bonds. The van der Waals surface area contributed by atoms with E-state index in [1.54, 1.807) is 6.08 Å². The second kappa shape index (κ2) is 12.0. The number of allylic oxidation sites excluding steroid dienone is 1. The molecule has 2 aliphatic rings. The van der Waals surface area contributed by atoms with E-state index < -0.39 is 36.5 Å². The number of carbonyl (C=O) groups excluding carboxylic acids is 2. The highest BCUT2D eigenvalue weighted by molar-refractivity contribution is 5.82. The molecule has 37 heavy (non-hydrogen) atoms. The van der Waals surface area contributed by atoms with Crippen molar-refractivity contribution in [1.82, 2.24) is 5.32 Å². The summed E-state index contributed by atoms with van der Waals surface area (Å²) in [6, 6.07) is 15.0. The van der Waals surface area contributed by atoms with Crippen molar-refractivity contribution in [3.05, 3.63) is 71.3 Å². The maximum absolute atomic E-state index is 12.8.